The summed E-state index contributed by atoms with van der Waals surface area (Å²) in [4.78, 5) is 23.5. The smallest absolute Gasteiger partial charge is 0.222 e. The summed E-state index contributed by atoms with van der Waals surface area (Å²) in [5, 5.41) is 5.67. The molecule has 1 unspecified atom stereocenters. The van der Waals surface area contributed by atoms with Gasteiger partial charge in [0, 0.05) is 23.5 Å². The molecule has 0 saturated carbocycles. The molecule has 0 spiro atoms. The maximum atomic E-state index is 12.1. The van der Waals surface area contributed by atoms with Gasteiger partial charge in [0.2, 0.25) is 11.8 Å². The molecule has 0 saturated heterocycles. The maximum absolute atomic E-state index is 12.1. The Labute approximate surface area is 133 Å². The molecule has 0 fully saturated rings. The minimum Gasteiger partial charge on any atom is -0.350 e. The molecule has 5 nitrogen and oxygen atoms in total. The van der Waals surface area contributed by atoms with E-state index in [-0.39, 0.29) is 24.3 Å². The molecule has 0 aliphatic rings. The third kappa shape index (κ3) is 6.27. The summed E-state index contributed by atoms with van der Waals surface area (Å²) in [7, 11) is 0. The van der Waals surface area contributed by atoms with Crippen LogP contribution in [-0.2, 0) is 9.59 Å². The Morgan fingerprint density at radius 1 is 1.29 bits per heavy atom. The van der Waals surface area contributed by atoms with Crippen molar-refractivity contribution in [3.63, 3.8) is 0 Å². The normalized spacial score (nSPS) is 12.6. The second kappa shape index (κ2) is 7.56. The number of halogens is 1. The summed E-state index contributed by atoms with van der Waals surface area (Å²) in [5.74, 6) is -0.319. The van der Waals surface area contributed by atoms with Crippen LogP contribution in [0.4, 0.5) is 0 Å². The van der Waals surface area contributed by atoms with Crippen LogP contribution in [-0.4, -0.2) is 23.9 Å². The van der Waals surface area contributed by atoms with Gasteiger partial charge >= 0.3 is 0 Å². The van der Waals surface area contributed by atoms with Gasteiger partial charge in [0.25, 0.3) is 0 Å². The van der Waals surface area contributed by atoms with E-state index in [4.69, 9.17) is 5.73 Å². The largest absolute Gasteiger partial charge is 0.350 e. The van der Waals surface area contributed by atoms with Crippen molar-refractivity contribution in [1.82, 2.24) is 10.6 Å². The van der Waals surface area contributed by atoms with Crippen LogP contribution in [0.3, 0.4) is 0 Å². The third-order valence-corrected chi connectivity index (χ3v) is 3.56. The Kier molecular flexibility index (Phi) is 6.36. The molecule has 0 aliphatic heterocycles. The monoisotopic (exact) mass is 355 g/mol. The Bertz CT molecular complexity index is 500. The number of amides is 2. The van der Waals surface area contributed by atoms with Crippen molar-refractivity contribution < 1.29 is 9.59 Å². The van der Waals surface area contributed by atoms with Crippen molar-refractivity contribution in [2.75, 3.05) is 6.54 Å². The van der Waals surface area contributed by atoms with Crippen molar-refractivity contribution in [3.8, 4) is 0 Å². The van der Waals surface area contributed by atoms with E-state index in [2.05, 4.69) is 26.6 Å². The zero-order valence-corrected chi connectivity index (χ0v) is 14.2. The van der Waals surface area contributed by atoms with Crippen molar-refractivity contribution in [1.29, 1.82) is 0 Å². The molecule has 0 bridgehead atoms. The van der Waals surface area contributed by atoms with Crippen LogP contribution in [0.25, 0.3) is 0 Å². The zero-order valence-electron chi connectivity index (χ0n) is 12.6. The standard InChI is InChI=1S/C15H22BrN3O2/c1-10(20)18-13(11-4-6-12(16)7-5-11)8-14(21)19-15(2,3)9-17/h4-7,13H,8-9,17H2,1-3H3,(H,18,20)(H,19,21). The van der Waals surface area contributed by atoms with E-state index < -0.39 is 5.54 Å². The molecule has 0 radical (unpaired) electrons. The van der Waals surface area contributed by atoms with E-state index in [1.54, 1.807) is 0 Å². The highest BCUT2D eigenvalue weighted by Gasteiger charge is 2.22. The molecule has 4 N–H and O–H groups in total. The van der Waals surface area contributed by atoms with Gasteiger partial charge in [-0.05, 0) is 31.5 Å². The first-order chi connectivity index (χ1) is 9.73. The first-order valence-electron chi connectivity index (χ1n) is 6.77. The van der Waals surface area contributed by atoms with Crippen molar-refractivity contribution in [2.24, 2.45) is 5.73 Å². The quantitative estimate of drug-likeness (QED) is 0.728. The first kappa shape index (κ1) is 17.7. The number of nitrogens with two attached hydrogens (primary N) is 1. The SMILES string of the molecule is CC(=O)NC(CC(=O)NC(C)(C)CN)c1ccc(Br)cc1. The number of rotatable bonds is 6. The summed E-state index contributed by atoms with van der Waals surface area (Å²) in [5.41, 5.74) is 6.03. The van der Waals surface area contributed by atoms with Gasteiger partial charge in [0.05, 0.1) is 12.5 Å². The Balaban J connectivity index is 2.81. The lowest BCUT2D eigenvalue weighted by Crippen LogP contribution is -2.49. The molecule has 21 heavy (non-hydrogen) atoms. The summed E-state index contributed by atoms with van der Waals surface area (Å²) < 4.78 is 0.946. The average molecular weight is 356 g/mol. The fourth-order valence-electron chi connectivity index (χ4n) is 1.86. The molecule has 6 heteroatoms. The lowest BCUT2D eigenvalue weighted by Gasteiger charge is -2.26. The number of hydrogen-bond donors (Lipinski definition) is 3. The summed E-state index contributed by atoms with van der Waals surface area (Å²) in [6.45, 7) is 5.51. The van der Waals surface area contributed by atoms with E-state index >= 15 is 0 Å². The number of hydrogen-bond acceptors (Lipinski definition) is 3. The Morgan fingerprint density at radius 2 is 1.86 bits per heavy atom. The van der Waals surface area contributed by atoms with Gasteiger partial charge in [-0.1, -0.05) is 28.1 Å². The fourth-order valence-corrected chi connectivity index (χ4v) is 2.12. The number of carbonyl (C=O) groups excluding carboxylic acids is 2. The van der Waals surface area contributed by atoms with E-state index in [0.717, 1.165) is 10.0 Å². The molecule has 116 valence electrons. The lowest BCUT2D eigenvalue weighted by atomic mass is 10.0. The van der Waals surface area contributed by atoms with Crippen LogP contribution in [0.15, 0.2) is 28.7 Å². The Hall–Kier alpha value is -1.40. The molecule has 2 amide bonds. The van der Waals surface area contributed by atoms with Crippen molar-refractivity contribution in [3.05, 3.63) is 34.3 Å². The molecule has 1 aromatic rings. The minimum atomic E-state index is -0.461. The van der Waals surface area contributed by atoms with Gasteiger partial charge < -0.3 is 16.4 Å². The lowest BCUT2D eigenvalue weighted by molar-refractivity contribution is -0.124. The minimum absolute atomic E-state index is 0.146. The fraction of sp³-hybridized carbons (Fsp3) is 0.467. The predicted molar refractivity (Wildman–Crippen MR) is 86.6 cm³/mol. The molecule has 0 aliphatic carbocycles. The van der Waals surface area contributed by atoms with Crippen molar-refractivity contribution in [2.45, 2.75) is 38.8 Å². The molecule has 1 aromatic carbocycles. The van der Waals surface area contributed by atoms with Crippen LogP contribution >= 0.6 is 15.9 Å². The highest BCUT2D eigenvalue weighted by molar-refractivity contribution is 9.10. The maximum Gasteiger partial charge on any atom is 0.222 e. The van der Waals surface area contributed by atoms with Gasteiger partial charge in [0.1, 0.15) is 0 Å². The summed E-state index contributed by atoms with van der Waals surface area (Å²) in [6, 6.07) is 7.17. The van der Waals surface area contributed by atoms with Gasteiger partial charge in [-0.15, -0.1) is 0 Å². The van der Waals surface area contributed by atoms with Crippen LogP contribution in [0.2, 0.25) is 0 Å². The van der Waals surface area contributed by atoms with E-state index in [9.17, 15) is 9.59 Å². The van der Waals surface area contributed by atoms with Crippen molar-refractivity contribution >= 4 is 27.7 Å². The molecule has 1 atom stereocenters. The zero-order chi connectivity index (χ0) is 16.0. The summed E-state index contributed by atoms with van der Waals surface area (Å²) >= 11 is 3.36. The topological polar surface area (TPSA) is 84.2 Å². The summed E-state index contributed by atoms with van der Waals surface area (Å²) in [6.07, 6.45) is 0.171. The van der Waals surface area contributed by atoms with Gasteiger partial charge in [-0.25, -0.2) is 0 Å². The van der Waals surface area contributed by atoms with Crippen LogP contribution in [0.1, 0.15) is 38.8 Å². The Morgan fingerprint density at radius 3 is 2.33 bits per heavy atom. The highest BCUT2D eigenvalue weighted by Crippen LogP contribution is 2.20. The van der Waals surface area contributed by atoms with E-state index in [1.807, 2.05) is 38.1 Å². The van der Waals surface area contributed by atoms with Gasteiger partial charge in [0.15, 0.2) is 0 Å². The number of nitrogens with one attached hydrogen (secondary N) is 2. The molecular formula is C15H22BrN3O2. The first-order valence-corrected chi connectivity index (χ1v) is 7.56. The third-order valence-electron chi connectivity index (χ3n) is 3.03. The number of carbonyl (C=O) groups is 2. The van der Waals surface area contributed by atoms with Gasteiger partial charge in [-0.2, -0.15) is 0 Å². The van der Waals surface area contributed by atoms with Crippen LogP contribution in [0.5, 0.6) is 0 Å². The van der Waals surface area contributed by atoms with E-state index in [0.29, 0.717) is 6.54 Å². The molecular weight excluding hydrogens is 334 g/mol. The molecule has 1 rings (SSSR count). The van der Waals surface area contributed by atoms with Gasteiger partial charge in [-0.3, -0.25) is 9.59 Å². The van der Waals surface area contributed by atoms with Crippen LogP contribution in [0, 0.1) is 0 Å². The van der Waals surface area contributed by atoms with Crippen LogP contribution < -0.4 is 16.4 Å². The highest BCUT2D eigenvalue weighted by atomic mass is 79.9. The molecule has 0 heterocycles. The second-order valence-corrected chi connectivity index (χ2v) is 6.56. The second-order valence-electron chi connectivity index (χ2n) is 5.64. The average Bonchev–Trinajstić information content (AvgIpc) is 2.37. The predicted octanol–water partition coefficient (Wildman–Crippen LogP) is 1.87. The molecule has 0 aromatic heterocycles. The number of benzene rings is 1. The van der Waals surface area contributed by atoms with E-state index in [1.165, 1.54) is 6.92 Å².